The monoisotopic (exact) mass is 357 g/mol. The van der Waals surface area contributed by atoms with Gasteiger partial charge >= 0.3 is 0 Å². The lowest BCUT2D eigenvalue weighted by Crippen LogP contribution is -1.99. The summed E-state index contributed by atoms with van der Waals surface area (Å²) in [7, 11) is 1.91. The van der Waals surface area contributed by atoms with Gasteiger partial charge < -0.3 is 15.8 Å². The molecular formula is C21H19N5O. The molecule has 2 aromatic carbocycles. The standard InChI is InChI=1S/C21H19N5O/c1-13-8-9-14-15(5-3-7-17(14)23-2)19(13)27-20-16(6-4-11-24-20)18-10-12-25-21(22)26-18/h3-12,23H,1-2H3,(H2,22,25,26). The minimum Gasteiger partial charge on any atom is -0.437 e. The van der Waals surface area contributed by atoms with Crippen LogP contribution in [0.25, 0.3) is 22.0 Å². The summed E-state index contributed by atoms with van der Waals surface area (Å²) >= 11 is 0. The molecule has 0 saturated carbocycles. The average molecular weight is 357 g/mol. The molecule has 0 bridgehead atoms. The summed E-state index contributed by atoms with van der Waals surface area (Å²) < 4.78 is 6.31. The van der Waals surface area contributed by atoms with Gasteiger partial charge in [-0.3, -0.25) is 0 Å². The SMILES string of the molecule is CNc1cccc2c(Oc3ncccc3-c3ccnc(N)n3)c(C)ccc12. The van der Waals surface area contributed by atoms with Crippen molar-refractivity contribution in [3.63, 3.8) is 0 Å². The molecule has 0 saturated heterocycles. The lowest BCUT2D eigenvalue weighted by Gasteiger charge is -2.15. The van der Waals surface area contributed by atoms with E-state index in [0.29, 0.717) is 11.6 Å². The molecule has 3 N–H and O–H groups in total. The number of nitrogens with zero attached hydrogens (tertiary/aromatic N) is 3. The third-order valence-electron chi connectivity index (χ3n) is 4.40. The van der Waals surface area contributed by atoms with Crippen molar-refractivity contribution in [2.45, 2.75) is 6.92 Å². The second-order valence-electron chi connectivity index (χ2n) is 6.12. The molecule has 4 rings (SSSR count). The number of fused-ring (bicyclic) bond motifs is 1. The topological polar surface area (TPSA) is 86.0 Å². The maximum absolute atomic E-state index is 6.31. The van der Waals surface area contributed by atoms with Gasteiger partial charge in [-0.05, 0) is 36.8 Å². The van der Waals surface area contributed by atoms with E-state index in [9.17, 15) is 0 Å². The zero-order chi connectivity index (χ0) is 18.8. The van der Waals surface area contributed by atoms with Crippen LogP contribution in [0.15, 0.2) is 60.9 Å². The number of nitrogen functional groups attached to an aromatic ring is 1. The van der Waals surface area contributed by atoms with Gasteiger partial charge in [-0.2, -0.15) is 0 Å². The van der Waals surface area contributed by atoms with Gasteiger partial charge in [0, 0.05) is 35.9 Å². The third-order valence-corrected chi connectivity index (χ3v) is 4.40. The Hall–Kier alpha value is -3.67. The first-order valence-corrected chi connectivity index (χ1v) is 8.59. The van der Waals surface area contributed by atoms with Crippen LogP contribution in [0.5, 0.6) is 11.6 Å². The van der Waals surface area contributed by atoms with Crippen molar-refractivity contribution < 1.29 is 4.74 Å². The average Bonchev–Trinajstić information content (AvgIpc) is 2.70. The Morgan fingerprint density at radius 1 is 0.926 bits per heavy atom. The second-order valence-corrected chi connectivity index (χ2v) is 6.12. The molecule has 6 nitrogen and oxygen atoms in total. The van der Waals surface area contributed by atoms with E-state index in [1.807, 2.05) is 50.4 Å². The Morgan fingerprint density at radius 2 is 1.81 bits per heavy atom. The number of aromatic nitrogens is 3. The second kappa shape index (κ2) is 6.92. The van der Waals surface area contributed by atoms with Crippen molar-refractivity contribution >= 4 is 22.4 Å². The predicted molar refractivity (Wildman–Crippen MR) is 108 cm³/mol. The maximum atomic E-state index is 6.31. The maximum Gasteiger partial charge on any atom is 0.228 e. The zero-order valence-corrected chi connectivity index (χ0v) is 15.1. The van der Waals surface area contributed by atoms with Crippen molar-refractivity contribution in [2.75, 3.05) is 18.1 Å². The fourth-order valence-corrected chi connectivity index (χ4v) is 3.08. The molecule has 0 aliphatic carbocycles. The summed E-state index contributed by atoms with van der Waals surface area (Å²) in [6.45, 7) is 2.02. The summed E-state index contributed by atoms with van der Waals surface area (Å²) in [5.41, 5.74) is 9.23. The van der Waals surface area contributed by atoms with E-state index in [1.54, 1.807) is 18.5 Å². The zero-order valence-electron chi connectivity index (χ0n) is 15.1. The molecule has 0 aliphatic rings. The van der Waals surface area contributed by atoms with Crippen LogP contribution in [0.2, 0.25) is 0 Å². The number of rotatable bonds is 4. The van der Waals surface area contributed by atoms with Crippen molar-refractivity contribution in [1.82, 2.24) is 15.0 Å². The summed E-state index contributed by atoms with van der Waals surface area (Å²) in [6.07, 6.45) is 3.32. The molecule has 0 spiro atoms. The van der Waals surface area contributed by atoms with Crippen molar-refractivity contribution in [1.29, 1.82) is 0 Å². The normalized spacial score (nSPS) is 10.7. The van der Waals surface area contributed by atoms with E-state index in [4.69, 9.17) is 10.5 Å². The molecule has 134 valence electrons. The van der Waals surface area contributed by atoms with Crippen LogP contribution in [0.1, 0.15) is 5.56 Å². The number of benzene rings is 2. The molecule has 6 heteroatoms. The molecule has 2 heterocycles. The van der Waals surface area contributed by atoms with Gasteiger partial charge in [0.15, 0.2) is 0 Å². The van der Waals surface area contributed by atoms with E-state index >= 15 is 0 Å². The number of ether oxygens (including phenoxy) is 1. The number of pyridine rings is 1. The largest absolute Gasteiger partial charge is 0.437 e. The number of nitrogens with two attached hydrogens (primary N) is 1. The molecule has 0 radical (unpaired) electrons. The first-order valence-electron chi connectivity index (χ1n) is 8.59. The van der Waals surface area contributed by atoms with E-state index in [0.717, 1.165) is 33.3 Å². The summed E-state index contributed by atoms with van der Waals surface area (Å²) in [5.74, 6) is 1.45. The van der Waals surface area contributed by atoms with Crippen LogP contribution in [-0.2, 0) is 0 Å². The number of hydrogen-bond donors (Lipinski definition) is 2. The van der Waals surface area contributed by atoms with E-state index in [1.165, 1.54) is 0 Å². The van der Waals surface area contributed by atoms with Crippen LogP contribution >= 0.6 is 0 Å². The molecule has 2 aromatic heterocycles. The van der Waals surface area contributed by atoms with Crippen LogP contribution in [0, 0.1) is 6.92 Å². The highest BCUT2D eigenvalue weighted by Gasteiger charge is 2.14. The van der Waals surface area contributed by atoms with Crippen molar-refractivity contribution in [3.8, 4) is 22.9 Å². The Kier molecular flexibility index (Phi) is 4.30. The number of nitrogens with one attached hydrogen (secondary N) is 1. The molecule has 4 aromatic rings. The van der Waals surface area contributed by atoms with Gasteiger partial charge in [-0.15, -0.1) is 0 Å². The summed E-state index contributed by atoms with van der Waals surface area (Å²) in [4.78, 5) is 12.7. The van der Waals surface area contributed by atoms with Crippen molar-refractivity contribution in [2.24, 2.45) is 0 Å². The highest BCUT2D eigenvalue weighted by Crippen LogP contribution is 2.38. The van der Waals surface area contributed by atoms with Gasteiger partial charge in [0.2, 0.25) is 11.8 Å². The number of anilines is 2. The third kappa shape index (κ3) is 3.13. The van der Waals surface area contributed by atoms with Crippen LogP contribution in [0.4, 0.5) is 11.6 Å². The summed E-state index contributed by atoms with van der Waals surface area (Å²) in [6, 6.07) is 15.8. The Bertz CT molecular complexity index is 1130. The van der Waals surface area contributed by atoms with Crippen LogP contribution in [0.3, 0.4) is 0 Å². The van der Waals surface area contributed by atoms with Gasteiger partial charge in [0.25, 0.3) is 0 Å². The fourth-order valence-electron chi connectivity index (χ4n) is 3.08. The quantitative estimate of drug-likeness (QED) is 0.562. The van der Waals surface area contributed by atoms with E-state index in [2.05, 4.69) is 26.3 Å². The number of hydrogen-bond acceptors (Lipinski definition) is 6. The minimum atomic E-state index is 0.210. The van der Waals surface area contributed by atoms with Crippen LogP contribution < -0.4 is 15.8 Å². The van der Waals surface area contributed by atoms with Gasteiger partial charge in [-0.25, -0.2) is 15.0 Å². The van der Waals surface area contributed by atoms with Crippen LogP contribution in [-0.4, -0.2) is 22.0 Å². The lowest BCUT2D eigenvalue weighted by molar-refractivity contribution is 0.466. The smallest absolute Gasteiger partial charge is 0.228 e. The molecule has 0 amide bonds. The molecule has 0 atom stereocenters. The molecule has 27 heavy (non-hydrogen) atoms. The first kappa shape index (κ1) is 16.8. The van der Waals surface area contributed by atoms with Crippen molar-refractivity contribution in [3.05, 3.63) is 66.5 Å². The Labute approximate surface area is 157 Å². The first-order chi connectivity index (χ1) is 13.2. The minimum absolute atomic E-state index is 0.210. The van der Waals surface area contributed by atoms with E-state index < -0.39 is 0 Å². The lowest BCUT2D eigenvalue weighted by atomic mass is 10.0. The van der Waals surface area contributed by atoms with Gasteiger partial charge in [0.1, 0.15) is 5.75 Å². The molecule has 0 aliphatic heterocycles. The van der Waals surface area contributed by atoms with Gasteiger partial charge in [-0.1, -0.05) is 24.3 Å². The fraction of sp³-hybridized carbons (Fsp3) is 0.0952. The molecular weight excluding hydrogens is 338 g/mol. The Balaban J connectivity index is 1.86. The highest BCUT2D eigenvalue weighted by atomic mass is 16.5. The summed E-state index contributed by atoms with van der Waals surface area (Å²) in [5, 5.41) is 5.32. The number of aryl methyl sites for hydroxylation is 1. The van der Waals surface area contributed by atoms with E-state index in [-0.39, 0.29) is 5.95 Å². The highest BCUT2D eigenvalue weighted by molar-refractivity contribution is 5.98. The molecule has 0 unspecified atom stereocenters. The molecule has 0 fully saturated rings. The van der Waals surface area contributed by atoms with Gasteiger partial charge in [0.05, 0.1) is 11.3 Å². The Morgan fingerprint density at radius 3 is 2.63 bits per heavy atom. The predicted octanol–water partition coefficient (Wildman–Crippen LogP) is 4.42.